The van der Waals surface area contributed by atoms with Gasteiger partial charge < -0.3 is 9.30 Å². The summed E-state index contributed by atoms with van der Waals surface area (Å²) < 4.78 is 8.44. The van der Waals surface area contributed by atoms with Gasteiger partial charge in [-0.05, 0) is 53.1 Å². The van der Waals surface area contributed by atoms with Crippen molar-refractivity contribution in [2.45, 2.75) is 13.3 Å². The zero-order valence-corrected chi connectivity index (χ0v) is 15.9. The van der Waals surface area contributed by atoms with Crippen LogP contribution in [0.25, 0.3) is 27.8 Å². The molecule has 4 aromatic rings. The second-order valence-corrected chi connectivity index (χ2v) is 7.24. The van der Waals surface area contributed by atoms with Crippen molar-refractivity contribution in [2.75, 3.05) is 0 Å². The van der Waals surface area contributed by atoms with E-state index in [1.54, 1.807) is 0 Å². The highest BCUT2D eigenvalue weighted by Gasteiger charge is 2.23. The molecule has 0 bridgehead atoms. The maximum atomic E-state index is 6.23. The fraction of sp³-hybridized carbons (Fsp3) is 0.0769. The van der Waals surface area contributed by atoms with Crippen LogP contribution in [-0.2, 0) is 11.2 Å². The van der Waals surface area contributed by atoms with Crippen molar-refractivity contribution in [2.24, 2.45) is 0 Å². The Bertz CT molecular complexity index is 1240. The van der Waals surface area contributed by atoms with Crippen molar-refractivity contribution < 1.29 is 4.74 Å². The van der Waals surface area contributed by atoms with Crippen LogP contribution in [0, 0.1) is 0 Å². The van der Waals surface area contributed by atoms with Crippen molar-refractivity contribution in [3.8, 4) is 5.69 Å². The Morgan fingerprint density at radius 1 is 0.893 bits per heavy atom. The molecule has 0 fully saturated rings. The highest BCUT2D eigenvalue weighted by Crippen LogP contribution is 2.38. The van der Waals surface area contributed by atoms with Crippen molar-refractivity contribution in [1.82, 2.24) is 4.57 Å². The molecule has 3 aromatic carbocycles. The number of hydrogen-bond donors (Lipinski definition) is 0. The first-order valence-corrected chi connectivity index (χ1v) is 9.52. The highest BCUT2D eigenvalue weighted by molar-refractivity contribution is 5.94. The molecular formula is C26H21NO. The number of nitrogens with zero attached hydrogens (tertiary/aromatic N) is 1. The van der Waals surface area contributed by atoms with Crippen LogP contribution in [0.1, 0.15) is 23.7 Å². The van der Waals surface area contributed by atoms with Crippen LogP contribution in [0.4, 0.5) is 0 Å². The molecule has 2 nitrogen and oxygen atoms in total. The van der Waals surface area contributed by atoms with Gasteiger partial charge in [-0.2, -0.15) is 0 Å². The number of hydrogen-bond acceptors (Lipinski definition) is 1. The molecule has 0 N–H and O–H groups in total. The molecule has 0 spiro atoms. The summed E-state index contributed by atoms with van der Waals surface area (Å²) in [5.41, 5.74) is 5.89. The van der Waals surface area contributed by atoms with Crippen LogP contribution >= 0.6 is 0 Å². The first-order chi connectivity index (χ1) is 13.7. The van der Waals surface area contributed by atoms with E-state index in [2.05, 4.69) is 96.2 Å². The van der Waals surface area contributed by atoms with Crippen LogP contribution in [0.3, 0.4) is 0 Å². The maximum absolute atomic E-state index is 6.23. The van der Waals surface area contributed by atoms with E-state index >= 15 is 0 Å². The van der Waals surface area contributed by atoms with E-state index in [1.807, 2.05) is 6.92 Å². The molecule has 0 atom stereocenters. The Balaban J connectivity index is 1.80. The Kier molecular flexibility index (Phi) is 3.91. The Morgan fingerprint density at radius 3 is 2.54 bits per heavy atom. The molecule has 1 aliphatic rings. The van der Waals surface area contributed by atoms with Crippen molar-refractivity contribution in [3.63, 3.8) is 0 Å². The number of aromatic nitrogens is 1. The van der Waals surface area contributed by atoms with Crippen molar-refractivity contribution in [1.29, 1.82) is 0 Å². The Morgan fingerprint density at radius 2 is 1.68 bits per heavy atom. The standard InChI is InChI=1S/C26H21NO/c1-18(2)28-26-23(21-14-13-19-8-3-4-9-20(19)16-21)17-22-10-5-6-11-24(22)27-15-7-12-25(26)27/h3-16H,1,17H2,2H3. The third-order valence-electron chi connectivity index (χ3n) is 5.25. The molecule has 0 saturated carbocycles. The molecule has 0 aliphatic carbocycles. The zero-order valence-electron chi connectivity index (χ0n) is 15.9. The highest BCUT2D eigenvalue weighted by atomic mass is 16.5. The van der Waals surface area contributed by atoms with E-state index in [4.69, 9.17) is 4.74 Å². The van der Waals surface area contributed by atoms with Gasteiger partial charge in [-0.25, -0.2) is 0 Å². The molecule has 0 unspecified atom stereocenters. The normalized spacial score (nSPS) is 13.0. The summed E-state index contributed by atoms with van der Waals surface area (Å²) in [6.45, 7) is 5.90. The number of allylic oxidation sites excluding steroid dienone is 2. The molecule has 2 heteroatoms. The van der Waals surface area contributed by atoms with Crippen LogP contribution in [0.2, 0.25) is 0 Å². The Hall–Kier alpha value is -3.52. The molecule has 1 aliphatic heterocycles. The zero-order chi connectivity index (χ0) is 19.1. The van der Waals surface area contributed by atoms with E-state index in [-0.39, 0.29) is 0 Å². The number of fused-ring (bicyclic) bond motifs is 4. The summed E-state index contributed by atoms with van der Waals surface area (Å²) in [5.74, 6) is 1.57. The van der Waals surface area contributed by atoms with Gasteiger partial charge in [0.1, 0.15) is 0 Å². The lowest BCUT2D eigenvalue weighted by molar-refractivity contribution is 0.385. The van der Waals surface area contributed by atoms with Gasteiger partial charge in [-0.1, -0.05) is 61.2 Å². The third kappa shape index (κ3) is 2.74. The molecule has 0 amide bonds. The monoisotopic (exact) mass is 363 g/mol. The van der Waals surface area contributed by atoms with E-state index in [1.165, 1.54) is 33.2 Å². The number of ether oxygens (including phenoxy) is 1. The van der Waals surface area contributed by atoms with Gasteiger partial charge in [0.25, 0.3) is 0 Å². The lowest BCUT2D eigenvalue weighted by Crippen LogP contribution is -2.00. The fourth-order valence-electron chi connectivity index (χ4n) is 3.99. The SMILES string of the molecule is C=C(C)OC1=C(c2ccc3ccccc3c2)Cc2ccccc2-n2cccc21. The van der Waals surface area contributed by atoms with Gasteiger partial charge in [-0.3, -0.25) is 0 Å². The van der Waals surface area contributed by atoms with Crippen LogP contribution in [0.15, 0.2) is 97.4 Å². The van der Waals surface area contributed by atoms with Crippen molar-refractivity contribution >= 4 is 22.1 Å². The minimum atomic E-state index is 0.687. The van der Waals surface area contributed by atoms with Gasteiger partial charge in [0.2, 0.25) is 0 Å². The third-order valence-corrected chi connectivity index (χ3v) is 5.25. The van der Waals surface area contributed by atoms with E-state index in [0.717, 1.165) is 17.9 Å². The molecular weight excluding hydrogens is 342 g/mol. The largest absolute Gasteiger partial charge is 0.460 e. The van der Waals surface area contributed by atoms with E-state index < -0.39 is 0 Å². The molecule has 136 valence electrons. The minimum absolute atomic E-state index is 0.687. The second kappa shape index (κ2) is 6.58. The first kappa shape index (κ1) is 16.6. The smallest absolute Gasteiger partial charge is 0.154 e. The lowest BCUT2D eigenvalue weighted by atomic mass is 9.94. The number of para-hydroxylation sites is 1. The van der Waals surface area contributed by atoms with E-state index in [0.29, 0.717) is 5.76 Å². The van der Waals surface area contributed by atoms with Gasteiger partial charge in [-0.15, -0.1) is 0 Å². The summed E-state index contributed by atoms with van der Waals surface area (Å²) in [4.78, 5) is 0. The quantitative estimate of drug-likeness (QED) is 0.374. The van der Waals surface area contributed by atoms with Crippen molar-refractivity contribution in [3.05, 3.63) is 114 Å². The van der Waals surface area contributed by atoms with Crippen LogP contribution in [0.5, 0.6) is 0 Å². The van der Waals surface area contributed by atoms with Gasteiger partial charge in [0.15, 0.2) is 5.76 Å². The topological polar surface area (TPSA) is 14.2 Å². The maximum Gasteiger partial charge on any atom is 0.154 e. The molecule has 5 rings (SSSR count). The summed E-state index contributed by atoms with van der Waals surface area (Å²) >= 11 is 0. The van der Waals surface area contributed by atoms with Crippen LogP contribution < -0.4 is 0 Å². The lowest BCUT2D eigenvalue weighted by Gasteiger charge is -2.16. The average molecular weight is 363 g/mol. The minimum Gasteiger partial charge on any atom is -0.460 e. The second-order valence-electron chi connectivity index (χ2n) is 7.24. The number of rotatable bonds is 3. The van der Waals surface area contributed by atoms with Crippen LogP contribution in [-0.4, -0.2) is 4.57 Å². The first-order valence-electron chi connectivity index (χ1n) is 9.52. The molecule has 28 heavy (non-hydrogen) atoms. The van der Waals surface area contributed by atoms with Gasteiger partial charge in [0, 0.05) is 23.9 Å². The van der Waals surface area contributed by atoms with Gasteiger partial charge >= 0.3 is 0 Å². The van der Waals surface area contributed by atoms with E-state index in [9.17, 15) is 0 Å². The Labute approximate surface area is 165 Å². The summed E-state index contributed by atoms with van der Waals surface area (Å²) in [7, 11) is 0. The van der Waals surface area contributed by atoms with Gasteiger partial charge in [0.05, 0.1) is 11.5 Å². The average Bonchev–Trinajstić information content (AvgIpc) is 3.15. The number of benzene rings is 3. The predicted molar refractivity (Wildman–Crippen MR) is 116 cm³/mol. The molecule has 0 saturated heterocycles. The molecule has 0 radical (unpaired) electrons. The molecule has 2 heterocycles. The fourth-order valence-corrected chi connectivity index (χ4v) is 3.99. The summed E-state index contributed by atoms with van der Waals surface area (Å²) in [5, 5.41) is 2.47. The predicted octanol–water partition coefficient (Wildman–Crippen LogP) is 6.61. The molecule has 1 aromatic heterocycles. The summed E-state index contributed by atoms with van der Waals surface area (Å²) in [6.07, 6.45) is 2.90. The summed E-state index contributed by atoms with van der Waals surface area (Å²) in [6, 6.07) is 27.8.